The number of nitrogens with zero attached hydrogens (tertiary/aromatic N) is 5. The summed E-state index contributed by atoms with van der Waals surface area (Å²) in [4.78, 5) is 31.1. The van der Waals surface area contributed by atoms with Crippen LogP contribution in [-0.4, -0.2) is 45.4 Å². The molecule has 0 radical (unpaired) electrons. The highest BCUT2D eigenvalue weighted by Gasteiger charge is 2.29. The molecule has 154 valence electrons. The Balaban J connectivity index is 1.54. The highest BCUT2D eigenvalue weighted by Crippen LogP contribution is 2.33. The molecule has 4 heterocycles. The molecule has 0 spiro atoms. The molecule has 6 heteroatoms. The number of likely N-dealkylation sites (tertiary alicyclic amines) is 1. The lowest BCUT2D eigenvalue weighted by Gasteiger charge is -2.34. The number of anilines is 1. The zero-order chi connectivity index (χ0) is 20.4. The maximum atomic E-state index is 12.3. The van der Waals surface area contributed by atoms with Crippen molar-refractivity contribution in [3.8, 4) is 0 Å². The molecular weight excluding hydrogens is 362 g/mol. The molecular formula is C23H31N5O. The van der Waals surface area contributed by atoms with Crippen LogP contribution in [0.25, 0.3) is 0 Å². The molecule has 0 aromatic carbocycles. The van der Waals surface area contributed by atoms with E-state index in [1.165, 1.54) is 5.56 Å². The Labute approximate surface area is 173 Å². The van der Waals surface area contributed by atoms with Crippen LogP contribution in [0.15, 0.2) is 24.4 Å². The predicted molar refractivity (Wildman–Crippen MR) is 114 cm³/mol. The Kier molecular flexibility index (Phi) is 5.79. The summed E-state index contributed by atoms with van der Waals surface area (Å²) in [6.07, 6.45) is 5.90. The minimum atomic E-state index is 0.0638. The molecule has 0 saturated carbocycles. The maximum absolute atomic E-state index is 12.3. The molecule has 0 unspecified atom stereocenters. The quantitative estimate of drug-likeness (QED) is 0.796. The zero-order valence-corrected chi connectivity index (χ0v) is 17.8. The molecule has 0 aliphatic carbocycles. The number of pyridine rings is 1. The van der Waals surface area contributed by atoms with Crippen molar-refractivity contribution in [2.75, 3.05) is 24.5 Å². The summed E-state index contributed by atoms with van der Waals surface area (Å²) in [5.41, 5.74) is 3.46. The highest BCUT2D eigenvalue weighted by atomic mass is 16.2. The zero-order valence-electron chi connectivity index (χ0n) is 17.8. The third-order valence-electron chi connectivity index (χ3n) is 6.11. The fourth-order valence-corrected chi connectivity index (χ4v) is 4.46. The van der Waals surface area contributed by atoms with Crippen LogP contribution in [0.5, 0.6) is 0 Å². The van der Waals surface area contributed by atoms with Crippen LogP contribution < -0.4 is 4.90 Å². The fourth-order valence-electron chi connectivity index (χ4n) is 4.46. The van der Waals surface area contributed by atoms with E-state index in [9.17, 15) is 4.79 Å². The van der Waals surface area contributed by atoms with Crippen molar-refractivity contribution < 1.29 is 4.79 Å². The van der Waals surface area contributed by atoms with Gasteiger partial charge in [-0.3, -0.25) is 9.78 Å². The van der Waals surface area contributed by atoms with Crippen molar-refractivity contribution in [2.45, 2.75) is 58.9 Å². The first-order valence-corrected chi connectivity index (χ1v) is 10.8. The van der Waals surface area contributed by atoms with Crippen LogP contribution >= 0.6 is 0 Å². The molecule has 1 fully saturated rings. The van der Waals surface area contributed by atoms with E-state index in [4.69, 9.17) is 9.97 Å². The average molecular weight is 394 g/mol. The van der Waals surface area contributed by atoms with E-state index in [-0.39, 0.29) is 11.8 Å². The van der Waals surface area contributed by atoms with E-state index in [2.05, 4.69) is 22.9 Å². The summed E-state index contributed by atoms with van der Waals surface area (Å²) in [7, 11) is 0. The Hall–Kier alpha value is -2.50. The number of carbonyl (C=O) groups excluding carboxylic acids is 1. The number of rotatable bonds is 4. The highest BCUT2D eigenvalue weighted by molar-refractivity contribution is 5.78. The number of fused-ring (bicyclic) bond motifs is 1. The van der Waals surface area contributed by atoms with Gasteiger partial charge in [-0.05, 0) is 44.7 Å². The smallest absolute Gasteiger partial charge is 0.225 e. The van der Waals surface area contributed by atoms with Crippen LogP contribution in [-0.2, 0) is 17.8 Å². The molecule has 2 aliphatic rings. The van der Waals surface area contributed by atoms with Gasteiger partial charge in [0.2, 0.25) is 5.91 Å². The monoisotopic (exact) mass is 393 g/mol. The van der Waals surface area contributed by atoms with Crippen LogP contribution in [0.2, 0.25) is 0 Å². The number of aryl methyl sites for hydroxylation is 1. The number of hydrogen-bond donors (Lipinski definition) is 0. The van der Waals surface area contributed by atoms with Crippen molar-refractivity contribution in [3.63, 3.8) is 0 Å². The van der Waals surface area contributed by atoms with E-state index >= 15 is 0 Å². The molecule has 4 rings (SSSR count). The predicted octanol–water partition coefficient (Wildman–Crippen LogP) is 3.49. The lowest BCUT2D eigenvalue weighted by molar-refractivity contribution is -0.135. The topological polar surface area (TPSA) is 62.2 Å². The van der Waals surface area contributed by atoms with Crippen LogP contribution in [0.3, 0.4) is 0 Å². The molecule has 2 aliphatic heterocycles. The summed E-state index contributed by atoms with van der Waals surface area (Å²) in [5, 5.41) is 0. The number of aromatic nitrogens is 3. The van der Waals surface area contributed by atoms with Crippen LogP contribution in [0, 0.1) is 12.8 Å². The summed E-state index contributed by atoms with van der Waals surface area (Å²) in [6, 6.07) is 6.06. The third kappa shape index (κ3) is 4.26. The Morgan fingerprint density at radius 2 is 1.97 bits per heavy atom. The normalized spacial score (nSPS) is 17.5. The van der Waals surface area contributed by atoms with E-state index in [1.807, 2.05) is 37.1 Å². The first-order valence-electron chi connectivity index (χ1n) is 10.8. The van der Waals surface area contributed by atoms with Gasteiger partial charge in [0.05, 0.1) is 12.2 Å². The Morgan fingerprint density at radius 1 is 1.17 bits per heavy atom. The molecule has 6 nitrogen and oxygen atoms in total. The molecule has 29 heavy (non-hydrogen) atoms. The molecule has 2 aromatic rings. The Morgan fingerprint density at radius 3 is 2.66 bits per heavy atom. The summed E-state index contributed by atoms with van der Waals surface area (Å²) >= 11 is 0. The van der Waals surface area contributed by atoms with E-state index in [1.54, 1.807) is 0 Å². The molecule has 0 N–H and O–H groups in total. The van der Waals surface area contributed by atoms with E-state index < -0.39 is 0 Å². The van der Waals surface area contributed by atoms with Gasteiger partial charge in [0, 0.05) is 48.9 Å². The lowest BCUT2D eigenvalue weighted by Crippen LogP contribution is -2.40. The van der Waals surface area contributed by atoms with Crippen LogP contribution in [0.1, 0.15) is 61.8 Å². The van der Waals surface area contributed by atoms with Crippen LogP contribution in [0.4, 0.5) is 5.82 Å². The second-order valence-electron chi connectivity index (χ2n) is 8.57. The second kappa shape index (κ2) is 8.47. The van der Waals surface area contributed by atoms with Gasteiger partial charge < -0.3 is 9.80 Å². The summed E-state index contributed by atoms with van der Waals surface area (Å²) in [5.74, 6) is 2.69. The first-order chi connectivity index (χ1) is 14.0. The molecule has 1 saturated heterocycles. The number of piperidine rings is 1. The Bertz CT molecular complexity index is 859. The van der Waals surface area contributed by atoms with E-state index in [0.717, 1.165) is 74.9 Å². The van der Waals surface area contributed by atoms with Gasteiger partial charge in [-0.25, -0.2) is 9.97 Å². The van der Waals surface area contributed by atoms with Gasteiger partial charge in [0.25, 0.3) is 0 Å². The summed E-state index contributed by atoms with van der Waals surface area (Å²) in [6.45, 7) is 9.45. The summed E-state index contributed by atoms with van der Waals surface area (Å²) < 4.78 is 0. The molecule has 0 bridgehead atoms. The standard InChI is InChI=1S/C23H31N5O/c1-16(2)23(29)27-13-9-18(10-14-27)21-25-17(3)20-8-6-12-28(22(20)26-21)15-19-7-4-5-11-24-19/h4-5,7,11,16,18H,6,8-10,12-15H2,1-3H3. The van der Waals surface area contributed by atoms with Gasteiger partial charge >= 0.3 is 0 Å². The van der Waals surface area contributed by atoms with Gasteiger partial charge in [0.15, 0.2) is 0 Å². The second-order valence-corrected chi connectivity index (χ2v) is 8.57. The van der Waals surface area contributed by atoms with Crippen molar-refractivity contribution in [3.05, 3.63) is 47.2 Å². The number of hydrogen-bond acceptors (Lipinski definition) is 5. The van der Waals surface area contributed by atoms with Crippen molar-refractivity contribution in [1.29, 1.82) is 0 Å². The average Bonchev–Trinajstić information content (AvgIpc) is 2.74. The molecule has 0 atom stereocenters. The van der Waals surface area contributed by atoms with Crippen molar-refractivity contribution in [2.24, 2.45) is 5.92 Å². The first kappa shape index (κ1) is 19.8. The minimum Gasteiger partial charge on any atom is -0.350 e. The van der Waals surface area contributed by atoms with Gasteiger partial charge in [-0.2, -0.15) is 0 Å². The number of amides is 1. The maximum Gasteiger partial charge on any atom is 0.225 e. The lowest BCUT2D eigenvalue weighted by atomic mass is 9.94. The SMILES string of the molecule is Cc1nc(C2CCN(C(=O)C(C)C)CC2)nc2c1CCCN2Cc1ccccn1. The van der Waals surface area contributed by atoms with Crippen molar-refractivity contribution >= 4 is 11.7 Å². The van der Waals surface area contributed by atoms with Gasteiger partial charge in [-0.1, -0.05) is 19.9 Å². The number of carbonyl (C=O) groups is 1. The minimum absolute atomic E-state index is 0.0638. The van der Waals surface area contributed by atoms with Gasteiger partial charge in [-0.15, -0.1) is 0 Å². The molecule has 1 amide bonds. The van der Waals surface area contributed by atoms with E-state index in [0.29, 0.717) is 5.92 Å². The fraction of sp³-hybridized carbons (Fsp3) is 0.565. The van der Waals surface area contributed by atoms with Crippen molar-refractivity contribution in [1.82, 2.24) is 19.9 Å². The van der Waals surface area contributed by atoms with Gasteiger partial charge in [0.1, 0.15) is 11.6 Å². The molecule has 2 aromatic heterocycles. The largest absolute Gasteiger partial charge is 0.350 e. The third-order valence-corrected chi connectivity index (χ3v) is 6.11.